The van der Waals surface area contributed by atoms with Crippen molar-refractivity contribution in [3.8, 4) is 5.69 Å². The zero-order chi connectivity index (χ0) is 23.0. The van der Waals surface area contributed by atoms with E-state index in [-0.39, 0.29) is 28.7 Å². The monoisotopic (exact) mass is 449 g/mol. The molecular formula is C24H27N5O2S. The summed E-state index contributed by atoms with van der Waals surface area (Å²) in [6.45, 7) is 9.90. The van der Waals surface area contributed by atoms with Crippen LogP contribution in [0.4, 0.5) is 0 Å². The summed E-state index contributed by atoms with van der Waals surface area (Å²) < 4.78 is 3.51. The van der Waals surface area contributed by atoms with E-state index in [1.807, 2.05) is 73.7 Å². The van der Waals surface area contributed by atoms with Crippen LogP contribution in [0.3, 0.4) is 0 Å². The fourth-order valence-corrected chi connectivity index (χ4v) is 4.63. The predicted molar refractivity (Wildman–Crippen MR) is 129 cm³/mol. The topological polar surface area (TPSA) is 81.3 Å². The van der Waals surface area contributed by atoms with Gasteiger partial charge in [0.05, 0.1) is 21.8 Å². The molecule has 1 N–H and O–H groups in total. The number of hydrogen-bond donors (Lipinski definition) is 1. The maximum absolute atomic E-state index is 13.6. The van der Waals surface area contributed by atoms with E-state index >= 15 is 0 Å². The van der Waals surface area contributed by atoms with E-state index in [2.05, 4.69) is 29.4 Å². The molecule has 4 aromatic rings. The summed E-state index contributed by atoms with van der Waals surface area (Å²) in [7, 11) is 0. The van der Waals surface area contributed by atoms with Crippen LogP contribution < -0.4 is 10.9 Å². The Hall–Kier alpha value is -3.13. The van der Waals surface area contributed by atoms with E-state index in [4.69, 9.17) is 0 Å². The summed E-state index contributed by atoms with van der Waals surface area (Å²) in [5, 5.41) is 12.5. The highest BCUT2D eigenvalue weighted by Crippen LogP contribution is 2.28. The van der Waals surface area contributed by atoms with Gasteiger partial charge in [-0.2, -0.15) is 0 Å². The molecule has 2 aromatic heterocycles. The molecule has 0 fully saturated rings. The van der Waals surface area contributed by atoms with E-state index in [9.17, 15) is 9.59 Å². The average molecular weight is 450 g/mol. The molecule has 1 atom stereocenters. The summed E-state index contributed by atoms with van der Waals surface area (Å²) in [4.78, 5) is 26.1. The second-order valence-corrected chi connectivity index (χ2v) is 9.72. The second-order valence-electron chi connectivity index (χ2n) is 8.41. The van der Waals surface area contributed by atoms with E-state index in [0.717, 1.165) is 16.8 Å². The van der Waals surface area contributed by atoms with Crippen LogP contribution in [0.1, 0.15) is 46.1 Å². The second kappa shape index (κ2) is 8.78. The van der Waals surface area contributed by atoms with Gasteiger partial charge in [-0.05, 0) is 50.5 Å². The normalized spacial score (nSPS) is 12.7. The van der Waals surface area contributed by atoms with Crippen LogP contribution in [-0.2, 0) is 4.79 Å². The fourth-order valence-electron chi connectivity index (χ4n) is 3.77. The zero-order valence-electron chi connectivity index (χ0n) is 18.9. The predicted octanol–water partition coefficient (Wildman–Crippen LogP) is 4.16. The highest BCUT2D eigenvalue weighted by atomic mass is 32.2. The molecule has 32 heavy (non-hydrogen) atoms. The van der Waals surface area contributed by atoms with Crippen LogP contribution >= 0.6 is 11.8 Å². The van der Waals surface area contributed by atoms with Crippen LogP contribution in [0.5, 0.6) is 0 Å². The largest absolute Gasteiger partial charge is 0.353 e. The number of amides is 1. The van der Waals surface area contributed by atoms with E-state index in [0.29, 0.717) is 16.3 Å². The average Bonchev–Trinajstić information content (AvgIpc) is 3.17. The highest BCUT2D eigenvalue weighted by molar-refractivity contribution is 8.00. The molecule has 0 radical (unpaired) electrons. The fraction of sp³-hybridized carbons (Fsp3) is 0.333. The number of carbonyl (C=O) groups excluding carboxylic acids is 1. The van der Waals surface area contributed by atoms with E-state index in [1.165, 1.54) is 11.8 Å². The quantitative estimate of drug-likeness (QED) is 0.447. The molecule has 0 saturated carbocycles. The van der Waals surface area contributed by atoms with Crippen LogP contribution in [0.25, 0.3) is 22.4 Å². The number of benzene rings is 2. The lowest BCUT2D eigenvalue weighted by Crippen LogP contribution is -2.36. The molecule has 0 aliphatic heterocycles. The van der Waals surface area contributed by atoms with Crippen molar-refractivity contribution in [2.75, 3.05) is 0 Å². The number of carbonyl (C=O) groups is 1. The van der Waals surface area contributed by atoms with Gasteiger partial charge in [-0.15, -0.1) is 10.2 Å². The molecule has 7 nitrogen and oxygen atoms in total. The summed E-state index contributed by atoms with van der Waals surface area (Å²) in [6, 6.07) is 15.4. The van der Waals surface area contributed by atoms with Crippen molar-refractivity contribution in [2.24, 2.45) is 0 Å². The molecule has 0 saturated heterocycles. The van der Waals surface area contributed by atoms with Crippen molar-refractivity contribution in [1.82, 2.24) is 24.5 Å². The Bertz CT molecular complexity index is 1360. The first-order valence-corrected chi connectivity index (χ1v) is 11.6. The van der Waals surface area contributed by atoms with E-state index < -0.39 is 0 Å². The molecule has 0 aliphatic rings. The van der Waals surface area contributed by atoms with Gasteiger partial charge < -0.3 is 5.32 Å². The van der Waals surface area contributed by atoms with Crippen molar-refractivity contribution in [1.29, 1.82) is 0 Å². The van der Waals surface area contributed by atoms with E-state index in [1.54, 1.807) is 4.57 Å². The van der Waals surface area contributed by atoms with Crippen LogP contribution in [0.2, 0.25) is 0 Å². The molecule has 2 aromatic carbocycles. The third kappa shape index (κ3) is 3.90. The summed E-state index contributed by atoms with van der Waals surface area (Å²) in [5.41, 5.74) is 2.41. The lowest BCUT2D eigenvalue weighted by atomic mass is 10.0. The van der Waals surface area contributed by atoms with Gasteiger partial charge in [0.15, 0.2) is 5.16 Å². The molecule has 4 rings (SSSR count). The molecule has 1 amide bonds. The Balaban J connectivity index is 1.97. The number of fused-ring (bicyclic) bond motifs is 3. The van der Waals surface area contributed by atoms with Crippen molar-refractivity contribution >= 4 is 34.3 Å². The highest BCUT2D eigenvalue weighted by Gasteiger charge is 2.23. The number of nitrogens with one attached hydrogen (secondary N) is 1. The molecule has 0 spiro atoms. The Kier molecular flexibility index (Phi) is 6.06. The van der Waals surface area contributed by atoms with Gasteiger partial charge in [-0.25, -0.2) is 4.57 Å². The number of rotatable bonds is 6. The van der Waals surface area contributed by atoms with Crippen LogP contribution in [0.15, 0.2) is 58.5 Å². The lowest BCUT2D eigenvalue weighted by Gasteiger charge is -2.17. The minimum atomic E-state index is -0.369. The van der Waals surface area contributed by atoms with Crippen LogP contribution in [-0.4, -0.2) is 36.4 Å². The third-order valence-electron chi connectivity index (χ3n) is 5.28. The zero-order valence-corrected chi connectivity index (χ0v) is 19.7. The van der Waals surface area contributed by atoms with Gasteiger partial charge in [0.25, 0.3) is 5.56 Å². The minimum Gasteiger partial charge on any atom is -0.353 e. The lowest BCUT2D eigenvalue weighted by molar-refractivity contribution is -0.120. The summed E-state index contributed by atoms with van der Waals surface area (Å²) in [5.74, 6) is 0.589. The van der Waals surface area contributed by atoms with Gasteiger partial charge in [0.2, 0.25) is 11.7 Å². The number of aromatic nitrogens is 4. The van der Waals surface area contributed by atoms with Crippen molar-refractivity contribution in [3.05, 3.63) is 64.4 Å². The number of para-hydroxylation sites is 2. The molecule has 0 aliphatic carbocycles. The summed E-state index contributed by atoms with van der Waals surface area (Å²) in [6.07, 6.45) is 0. The molecule has 8 heteroatoms. The third-order valence-corrected chi connectivity index (χ3v) is 6.32. The minimum absolute atomic E-state index is 0.0549. The van der Waals surface area contributed by atoms with Crippen LogP contribution in [0, 0.1) is 0 Å². The van der Waals surface area contributed by atoms with Crippen molar-refractivity contribution < 1.29 is 4.79 Å². The summed E-state index contributed by atoms with van der Waals surface area (Å²) >= 11 is 1.33. The molecule has 166 valence electrons. The number of hydrogen-bond acceptors (Lipinski definition) is 5. The maximum Gasteiger partial charge on any atom is 0.267 e. The smallest absolute Gasteiger partial charge is 0.267 e. The first kappa shape index (κ1) is 22.1. The van der Waals surface area contributed by atoms with Gasteiger partial charge in [-0.1, -0.05) is 55.9 Å². The van der Waals surface area contributed by atoms with Gasteiger partial charge in [-0.3, -0.25) is 14.0 Å². The number of nitrogens with zero attached hydrogens (tertiary/aromatic N) is 4. The molecule has 2 heterocycles. The van der Waals surface area contributed by atoms with Gasteiger partial charge in [0, 0.05) is 6.04 Å². The first-order chi connectivity index (χ1) is 15.3. The number of thioether (sulfide) groups is 1. The first-order valence-electron chi connectivity index (χ1n) is 10.7. The van der Waals surface area contributed by atoms with Crippen molar-refractivity contribution in [2.45, 2.75) is 57.0 Å². The molecule has 1 unspecified atom stereocenters. The standard InChI is InChI=1S/C24H27N5O2S/c1-14(2)17-10-6-8-12-19(17)28-22(31)18-11-7-9-13-20(18)29-23(28)26-27-24(29)32-16(5)21(30)25-15(3)4/h6-16H,1-5H3,(H,25,30). The molecular weight excluding hydrogens is 422 g/mol. The molecule has 0 bridgehead atoms. The Labute approximate surface area is 190 Å². The maximum atomic E-state index is 13.6. The Morgan fingerprint density at radius 2 is 1.66 bits per heavy atom. The Morgan fingerprint density at radius 1 is 0.969 bits per heavy atom. The van der Waals surface area contributed by atoms with Gasteiger partial charge >= 0.3 is 0 Å². The van der Waals surface area contributed by atoms with Gasteiger partial charge in [0.1, 0.15) is 0 Å². The van der Waals surface area contributed by atoms with Crippen molar-refractivity contribution in [3.63, 3.8) is 0 Å². The SMILES string of the molecule is CC(C)NC(=O)C(C)Sc1nnc2n(-c3ccccc3C(C)C)c(=O)c3ccccc3n12. The Morgan fingerprint density at radius 3 is 2.38 bits per heavy atom.